The lowest BCUT2D eigenvalue weighted by molar-refractivity contribution is 0.314. The fraction of sp³-hybridized carbons (Fsp3) is 1.00. The smallest absolute Gasteiger partial charge is 0.214 e. The van der Waals surface area contributed by atoms with Crippen molar-refractivity contribution in [2.45, 2.75) is 51.5 Å². The molecule has 5 heteroatoms. The van der Waals surface area contributed by atoms with Crippen molar-refractivity contribution in [1.82, 2.24) is 9.62 Å². The molecule has 1 aliphatic heterocycles. The summed E-state index contributed by atoms with van der Waals surface area (Å²) in [5.74, 6) is 0.282. The molecule has 0 saturated carbocycles. The average Bonchev–Trinajstić information content (AvgIpc) is 2.54. The van der Waals surface area contributed by atoms with Crippen LogP contribution in [-0.2, 0) is 10.0 Å². The van der Waals surface area contributed by atoms with E-state index in [9.17, 15) is 8.42 Å². The van der Waals surface area contributed by atoms with E-state index in [-0.39, 0.29) is 11.8 Å². The monoisotopic (exact) mass is 262 g/mol. The predicted octanol–water partition coefficient (Wildman–Crippen LogP) is 1.58. The predicted molar refractivity (Wildman–Crippen MR) is 71.6 cm³/mol. The fourth-order valence-corrected chi connectivity index (χ4v) is 4.33. The Morgan fingerprint density at radius 3 is 2.71 bits per heavy atom. The van der Waals surface area contributed by atoms with Crippen LogP contribution in [0.3, 0.4) is 0 Å². The van der Waals surface area contributed by atoms with Gasteiger partial charge < -0.3 is 5.32 Å². The van der Waals surface area contributed by atoms with Crippen molar-refractivity contribution in [3.8, 4) is 0 Å². The molecule has 0 aromatic heterocycles. The van der Waals surface area contributed by atoms with Gasteiger partial charge in [0.15, 0.2) is 0 Å². The number of rotatable bonds is 6. The van der Waals surface area contributed by atoms with E-state index in [0.717, 1.165) is 32.4 Å². The first-order valence-corrected chi connectivity index (χ1v) is 8.37. The zero-order chi connectivity index (χ0) is 12.7. The van der Waals surface area contributed by atoms with Crippen LogP contribution in [-0.4, -0.2) is 44.7 Å². The molecule has 0 spiro atoms. The lowest BCUT2D eigenvalue weighted by atomic mass is 10.1. The van der Waals surface area contributed by atoms with Gasteiger partial charge in [0, 0.05) is 12.6 Å². The first kappa shape index (κ1) is 14.9. The average molecular weight is 262 g/mol. The van der Waals surface area contributed by atoms with Crippen molar-refractivity contribution in [2.75, 3.05) is 25.9 Å². The third kappa shape index (κ3) is 4.56. The van der Waals surface area contributed by atoms with Gasteiger partial charge in [-0.2, -0.15) is 4.31 Å². The Morgan fingerprint density at radius 2 is 2.06 bits per heavy atom. The van der Waals surface area contributed by atoms with Gasteiger partial charge in [0.25, 0.3) is 0 Å². The quantitative estimate of drug-likeness (QED) is 0.739. The number of hydrogen-bond acceptors (Lipinski definition) is 3. The van der Waals surface area contributed by atoms with Gasteiger partial charge in [0.1, 0.15) is 0 Å². The summed E-state index contributed by atoms with van der Waals surface area (Å²) < 4.78 is 26.3. The van der Waals surface area contributed by atoms with Crippen molar-refractivity contribution in [3.05, 3.63) is 0 Å². The third-order valence-electron chi connectivity index (χ3n) is 3.48. The van der Waals surface area contributed by atoms with Gasteiger partial charge in [-0.3, -0.25) is 0 Å². The van der Waals surface area contributed by atoms with Gasteiger partial charge in [-0.05, 0) is 39.3 Å². The van der Waals surface area contributed by atoms with E-state index in [4.69, 9.17) is 0 Å². The second kappa shape index (κ2) is 7.34. The summed E-state index contributed by atoms with van der Waals surface area (Å²) in [6.45, 7) is 3.58. The van der Waals surface area contributed by atoms with E-state index in [1.54, 1.807) is 4.31 Å². The highest BCUT2D eigenvalue weighted by Gasteiger charge is 2.29. The summed E-state index contributed by atoms with van der Waals surface area (Å²) in [6.07, 6.45) is 6.01. The molecule has 0 aromatic rings. The van der Waals surface area contributed by atoms with Crippen molar-refractivity contribution in [2.24, 2.45) is 0 Å². The first-order chi connectivity index (χ1) is 8.11. The van der Waals surface area contributed by atoms with Crippen LogP contribution in [0.15, 0.2) is 0 Å². The van der Waals surface area contributed by atoms with Crippen LogP contribution in [0.2, 0.25) is 0 Å². The van der Waals surface area contributed by atoms with Crippen LogP contribution >= 0.6 is 0 Å². The highest BCUT2D eigenvalue weighted by atomic mass is 32.2. The molecule has 1 aliphatic rings. The van der Waals surface area contributed by atoms with Crippen LogP contribution in [0, 0.1) is 0 Å². The van der Waals surface area contributed by atoms with E-state index in [2.05, 4.69) is 12.2 Å². The fourth-order valence-electron chi connectivity index (χ4n) is 2.47. The Morgan fingerprint density at radius 1 is 1.29 bits per heavy atom. The number of hydrogen-bond donors (Lipinski definition) is 1. The Hall–Kier alpha value is -0.130. The lowest BCUT2D eigenvalue weighted by Gasteiger charge is -2.28. The van der Waals surface area contributed by atoms with Crippen molar-refractivity contribution in [1.29, 1.82) is 0 Å². The SMILES string of the molecule is CCC1CCCCCN1S(=O)(=O)CCCNC. The summed E-state index contributed by atoms with van der Waals surface area (Å²) in [7, 11) is -1.19. The van der Waals surface area contributed by atoms with Crippen LogP contribution in [0.5, 0.6) is 0 Å². The summed E-state index contributed by atoms with van der Waals surface area (Å²) in [6, 6.07) is 0.233. The molecular weight excluding hydrogens is 236 g/mol. The van der Waals surface area contributed by atoms with E-state index < -0.39 is 10.0 Å². The number of sulfonamides is 1. The molecule has 1 fully saturated rings. The zero-order valence-electron chi connectivity index (χ0n) is 11.1. The molecule has 4 nitrogen and oxygen atoms in total. The van der Waals surface area contributed by atoms with Gasteiger partial charge in [-0.15, -0.1) is 0 Å². The molecule has 1 unspecified atom stereocenters. The van der Waals surface area contributed by atoms with E-state index in [0.29, 0.717) is 6.42 Å². The number of nitrogens with one attached hydrogen (secondary N) is 1. The Kier molecular flexibility index (Phi) is 6.44. The molecule has 0 amide bonds. The summed E-state index contributed by atoms with van der Waals surface area (Å²) >= 11 is 0. The summed E-state index contributed by atoms with van der Waals surface area (Å²) in [4.78, 5) is 0. The number of nitrogens with zero attached hydrogens (tertiary/aromatic N) is 1. The van der Waals surface area contributed by atoms with Crippen LogP contribution < -0.4 is 5.32 Å². The second-order valence-electron chi connectivity index (χ2n) is 4.80. The largest absolute Gasteiger partial charge is 0.320 e. The third-order valence-corrected chi connectivity index (χ3v) is 5.48. The first-order valence-electron chi connectivity index (χ1n) is 6.76. The van der Waals surface area contributed by atoms with Gasteiger partial charge in [-0.1, -0.05) is 19.8 Å². The van der Waals surface area contributed by atoms with E-state index in [1.165, 1.54) is 12.8 Å². The molecule has 102 valence electrons. The van der Waals surface area contributed by atoms with Crippen LogP contribution in [0.25, 0.3) is 0 Å². The summed E-state index contributed by atoms with van der Waals surface area (Å²) in [5, 5.41) is 3.00. The van der Waals surface area contributed by atoms with Gasteiger partial charge in [0.05, 0.1) is 5.75 Å². The molecule has 0 radical (unpaired) electrons. The van der Waals surface area contributed by atoms with Crippen LogP contribution in [0.4, 0.5) is 0 Å². The van der Waals surface area contributed by atoms with Crippen molar-refractivity contribution >= 4 is 10.0 Å². The Labute approximate surface area is 106 Å². The molecule has 1 saturated heterocycles. The molecule has 0 aliphatic carbocycles. The maximum Gasteiger partial charge on any atom is 0.214 e. The maximum absolute atomic E-state index is 12.3. The zero-order valence-corrected chi connectivity index (χ0v) is 11.9. The molecular formula is C12H26N2O2S. The second-order valence-corrected chi connectivity index (χ2v) is 6.84. The van der Waals surface area contributed by atoms with Gasteiger partial charge >= 0.3 is 0 Å². The lowest BCUT2D eigenvalue weighted by Crippen LogP contribution is -2.41. The van der Waals surface area contributed by atoms with Crippen molar-refractivity contribution in [3.63, 3.8) is 0 Å². The van der Waals surface area contributed by atoms with Gasteiger partial charge in [0.2, 0.25) is 10.0 Å². The van der Waals surface area contributed by atoms with Crippen LogP contribution in [0.1, 0.15) is 45.4 Å². The normalized spacial score (nSPS) is 23.5. The minimum absolute atomic E-state index is 0.233. The van der Waals surface area contributed by atoms with E-state index in [1.807, 2.05) is 7.05 Å². The minimum atomic E-state index is -3.05. The highest BCUT2D eigenvalue weighted by Crippen LogP contribution is 2.22. The minimum Gasteiger partial charge on any atom is -0.320 e. The topological polar surface area (TPSA) is 49.4 Å². The Balaban J connectivity index is 2.64. The Bertz CT molecular complexity index is 304. The maximum atomic E-state index is 12.3. The van der Waals surface area contributed by atoms with Crippen molar-refractivity contribution < 1.29 is 8.42 Å². The highest BCUT2D eigenvalue weighted by molar-refractivity contribution is 7.89. The standard InChI is InChI=1S/C12H26N2O2S/c1-3-12-8-5-4-6-10-14(12)17(15,16)11-7-9-13-2/h12-13H,3-11H2,1-2H3. The molecule has 1 heterocycles. The molecule has 1 atom stereocenters. The van der Waals surface area contributed by atoms with Gasteiger partial charge in [-0.25, -0.2) is 8.42 Å². The molecule has 1 rings (SSSR count). The summed E-state index contributed by atoms with van der Waals surface area (Å²) in [5.41, 5.74) is 0. The molecule has 17 heavy (non-hydrogen) atoms. The molecule has 0 bridgehead atoms. The molecule has 1 N–H and O–H groups in total. The van der Waals surface area contributed by atoms with E-state index >= 15 is 0 Å². The molecule has 0 aromatic carbocycles.